The number of carbonyl (C=O) groups excluding carboxylic acids is 1. The minimum atomic E-state index is -0.00182. The fraction of sp³-hybridized carbons (Fsp3) is 0.316. The molecule has 1 N–H and O–H groups in total. The molecular weight excluding hydrogens is 364 g/mol. The molecule has 0 atom stereocenters. The fourth-order valence-corrected chi connectivity index (χ4v) is 4.78. The molecule has 0 spiro atoms. The molecule has 1 aliphatic carbocycles. The van der Waals surface area contributed by atoms with Crippen molar-refractivity contribution >= 4 is 34.7 Å². The molecule has 1 amide bonds. The van der Waals surface area contributed by atoms with Crippen LogP contribution >= 0.6 is 23.1 Å². The van der Waals surface area contributed by atoms with E-state index < -0.39 is 0 Å². The van der Waals surface area contributed by atoms with Crippen LogP contribution in [0.1, 0.15) is 24.5 Å². The van der Waals surface area contributed by atoms with Crippen LogP contribution < -0.4 is 5.32 Å². The molecule has 0 aliphatic heterocycles. The van der Waals surface area contributed by atoms with E-state index in [4.69, 9.17) is 0 Å². The van der Waals surface area contributed by atoms with E-state index in [0.717, 1.165) is 41.6 Å². The van der Waals surface area contributed by atoms with E-state index in [2.05, 4.69) is 38.5 Å². The number of hydrogen-bond donors (Lipinski definition) is 1. The van der Waals surface area contributed by atoms with Crippen molar-refractivity contribution in [1.29, 1.82) is 0 Å². The predicted molar refractivity (Wildman–Crippen MR) is 107 cm³/mol. The summed E-state index contributed by atoms with van der Waals surface area (Å²) in [6.45, 7) is 2.84. The number of nitrogens with zero attached hydrogens (tertiary/aromatic N) is 3. The van der Waals surface area contributed by atoms with E-state index in [0.29, 0.717) is 5.75 Å². The summed E-state index contributed by atoms with van der Waals surface area (Å²) in [7, 11) is 0. The standard InChI is InChI=1S/C19H20N4OS2/c1-2-23-18(14-9-10-25-11-14)21-22-19(23)26-12-17(24)20-16-8-4-6-13-5-3-7-15(13)16/h4,6,8-11H,2-3,5,7,12H2,1H3,(H,20,24). The summed E-state index contributed by atoms with van der Waals surface area (Å²) in [4.78, 5) is 12.4. The Labute approximate surface area is 160 Å². The summed E-state index contributed by atoms with van der Waals surface area (Å²) >= 11 is 3.07. The molecule has 3 aromatic rings. The van der Waals surface area contributed by atoms with Gasteiger partial charge in [0.05, 0.1) is 5.75 Å². The van der Waals surface area contributed by atoms with Crippen LogP contribution in [0.5, 0.6) is 0 Å². The van der Waals surface area contributed by atoms with Gasteiger partial charge < -0.3 is 9.88 Å². The number of carbonyl (C=O) groups is 1. The van der Waals surface area contributed by atoms with Crippen molar-refractivity contribution in [2.24, 2.45) is 0 Å². The fourth-order valence-electron chi connectivity index (χ4n) is 3.34. The lowest BCUT2D eigenvalue weighted by Crippen LogP contribution is -2.16. The Morgan fingerprint density at radius 3 is 3.04 bits per heavy atom. The molecule has 1 aliphatic rings. The van der Waals surface area contributed by atoms with Gasteiger partial charge in [0, 0.05) is 23.2 Å². The lowest BCUT2D eigenvalue weighted by molar-refractivity contribution is -0.113. The third-order valence-electron chi connectivity index (χ3n) is 4.56. The third kappa shape index (κ3) is 3.41. The van der Waals surface area contributed by atoms with E-state index in [-0.39, 0.29) is 5.91 Å². The van der Waals surface area contributed by atoms with Crippen LogP contribution in [0.3, 0.4) is 0 Å². The number of rotatable bonds is 6. The molecule has 0 unspecified atom stereocenters. The van der Waals surface area contributed by atoms with Crippen molar-refractivity contribution in [2.45, 2.75) is 37.9 Å². The Kier molecular flexibility index (Phi) is 5.08. The molecule has 7 heteroatoms. The number of amides is 1. The second-order valence-corrected chi connectivity index (χ2v) is 7.92. The van der Waals surface area contributed by atoms with Gasteiger partial charge in [0.15, 0.2) is 11.0 Å². The summed E-state index contributed by atoms with van der Waals surface area (Å²) in [5.41, 5.74) is 4.69. The van der Waals surface area contributed by atoms with Gasteiger partial charge in [0.1, 0.15) is 0 Å². The highest BCUT2D eigenvalue weighted by Crippen LogP contribution is 2.29. The average molecular weight is 385 g/mol. The zero-order valence-electron chi connectivity index (χ0n) is 14.6. The first-order valence-electron chi connectivity index (χ1n) is 8.75. The zero-order valence-corrected chi connectivity index (χ0v) is 16.2. The van der Waals surface area contributed by atoms with Crippen LogP contribution in [0.4, 0.5) is 5.69 Å². The van der Waals surface area contributed by atoms with Gasteiger partial charge in [-0.1, -0.05) is 23.9 Å². The van der Waals surface area contributed by atoms with E-state index in [1.165, 1.54) is 29.3 Å². The van der Waals surface area contributed by atoms with Crippen molar-refractivity contribution in [3.05, 3.63) is 46.2 Å². The van der Waals surface area contributed by atoms with Crippen molar-refractivity contribution in [1.82, 2.24) is 14.8 Å². The average Bonchev–Trinajstić information content (AvgIpc) is 3.38. The summed E-state index contributed by atoms with van der Waals surface area (Å²) in [5, 5.41) is 16.5. The molecule has 134 valence electrons. The Morgan fingerprint density at radius 1 is 1.31 bits per heavy atom. The van der Waals surface area contributed by atoms with E-state index in [9.17, 15) is 4.79 Å². The molecule has 0 fully saturated rings. The summed E-state index contributed by atoms with van der Waals surface area (Å²) in [6, 6.07) is 8.21. The Balaban J connectivity index is 1.43. The first-order valence-corrected chi connectivity index (χ1v) is 10.7. The third-order valence-corrected chi connectivity index (χ3v) is 6.21. The molecular formula is C19H20N4OS2. The minimum absolute atomic E-state index is 0.00182. The lowest BCUT2D eigenvalue weighted by Gasteiger charge is -2.10. The van der Waals surface area contributed by atoms with Crippen molar-refractivity contribution in [3.8, 4) is 11.4 Å². The van der Waals surface area contributed by atoms with Crippen LogP contribution in [0.15, 0.2) is 40.2 Å². The number of aromatic nitrogens is 3. The maximum Gasteiger partial charge on any atom is 0.234 e. The number of nitrogens with one attached hydrogen (secondary N) is 1. The molecule has 4 rings (SSSR count). The number of thioether (sulfide) groups is 1. The van der Waals surface area contributed by atoms with Crippen LogP contribution in [0.2, 0.25) is 0 Å². The summed E-state index contributed by atoms with van der Waals surface area (Å²) < 4.78 is 2.06. The molecule has 0 radical (unpaired) electrons. The Bertz CT molecular complexity index is 918. The van der Waals surface area contributed by atoms with E-state index >= 15 is 0 Å². The maximum absolute atomic E-state index is 12.4. The van der Waals surface area contributed by atoms with E-state index in [1.807, 2.05) is 23.6 Å². The smallest absolute Gasteiger partial charge is 0.234 e. The van der Waals surface area contributed by atoms with Crippen LogP contribution in [0.25, 0.3) is 11.4 Å². The maximum atomic E-state index is 12.4. The van der Waals surface area contributed by atoms with Crippen LogP contribution in [0, 0.1) is 0 Å². The molecule has 0 saturated heterocycles. The van der Waals surface area contributed by atoms with Gasteiger partial charge in [-0.15, -0.1) is 10.2 Å². The van der Waals surface area contributed by atoms with Gasteiger partial charge in [0.2, 0.25) is 5.91 Å². The Morgan fingerprint density at radius 2 is 2.23 bits per heavy atom. The predicted octanol–water partition coefficient (Wildman–Crippen LogP) is 4.25. The first kappa shape index (κ1) is 17.3. The summed E-state index contributed by atoms with van der Waals surface area (Å²) in [5.74, 6) is 1.18. The highest BCUT2D eigenvalue weighted by Gasteiger charge is 2.17. The van der Waals surface area contributed by atoms with Crippen LogP contribution in [-0.2, 0) is 24.2 Å². The number of thiophene rings is 1. The van der Waals surface area contributed by atoms with Gasteiger partial charge in [-0.2, -0.15) is 11.3 Å². The second kappa shape index (κ2) is 7.63. The molecule has 0 saturated carbocycles. The number of anilines is 1. The molecule has 26 heavy (non-hydrogen) atoms. The highest BCUT2D eigenvalue weighted by molar-refractivity contribution is 7.99. The first-order chi connectivity index (χ1) is 12.8. The molecule has 0 bridgehead atoms. The summed E-state index contributed by atoms with van der Waals surface area (Å²) in [6.07, 6.45) is 3.33. The monoisotopic (exact) mass is 384 g/mol. The highest BCUT2D eigenvalue weighted by atomic mass is 32.2. The normalized spacial score (nSPS) is 13.0. The molecule has 2 aromatic heterocycles. The van der Waals surface area contributed by atoms with Gasteiger partial charge in [0.25, 0.3) is 0 Å². The number of aryl methyl sites for hydroxylation is 1. The molecule has 5 nitrogen and oxygen atoms in total. The lowest BCUT2D eigenvalue weighted by atomic mass is 10.1. The number of hydrogen-bond acceptors (Lipinski definition) is 5. The number of fused-ring (bicyclic) bond motifs is 1. The minimum Gasteiger partial charge on any atom is -0.325 e. The topological polar surface area (TPSA) is 59.8 Å². The Hall–Kier alpha value is -2.12. The molecule has 1 aromatic carbocycles. The zero-order chi connectivity index (χ0) is 17.9. The van der Waals surface area contributed by atoms with Gasteiger partial charge in [-0.3, -0.25) is 4.79 Å². The van der Waals surface area contributed by atoms with Crippen molar-refractivity contribution in [3.63, 3.8) is 0 Å². The van der Waals surface area contributed by atoms with Gasteiger partial charge in [-0.05, 0) is 54.8 Å². The van der Waals surface area contributed by atoms with Crippen LogP contribution in [-0.4, -0.2) is 26.4 Å². The second-order valence-electron chi connectivity index (χ2n) is 6.20. The quantitative estimate of drug-likeness (QED) is 0.646. The SMILES string of the molecule is CCn1c(SCC(=O)Nc2cccc3c2CCC3)nnc1-c1ccsc1. The van der Waals surface area contributed by atoms with Crippen molar-refractivity contribution < 1.29 is 4.79 Å². The van der Waals surface area contributed by atoms with Gasteiger partial charge >= 0.3 is 0 Å². The van der Waals surface area contributed by atoms with E-state index in [1.54, 1.807) is 11.3 Å². The van der Waals surface area contributed by atoms with Crippen molar-refractivity contribution in [2.75, 3.05) is 11.1 Å². The molecule has 2 heterocycles. The largest absolute Gasteiger partial charge is 0.325 e. The number of benzene rings is 1. The van der Waals surface area contributed by atoms with Gasteiger partial charge in [-0.25, -0.2) is 0 Å².